The molecule has 3 aliphatic rings. The van der Waals surface area contributed by atoms with Crippen molar-refractivity contribution in [3.05, 3.63) is 35.9 Å². The summed E-state index contributed by atoms with van der Waals surface area (Å²) in [5, 5.41) is 0. The summed E-state index contributed by atoms with van der Waals surface area (Å²) >= 11 is 0. The summed E-state index contributed by atoms with van der Waals surface area (Å²) in [5.74, 6) is 0.450. The fraction of sp³-hybridized carbons (Fsp3) is 0.682. The van der Waals surface area contributed by atoms with Crippen LogP contribution in [0.4, 0.5) is 0 Å². The van der Waals surface area contributed by atoms with Crippen LogP contribution in [0.3, 0.4) is 0 Å². The lowest BCUT2D eigenvalue weighted by Crippen LogP contribution is -2.47. The molecule has 6 nitrogen and oxygen atoms in total. The lowest BCUT2D eigenvalue weighted by Gasteiger charge is -2.33. The van der Waals surface area contributed by atoms with Gasteiger partial charge in [-0.15, -0.1) is 0 Å². The second kappa shape index (κ2) is 9.14. The van der Waals surface area contributed by atoms with Crippen molar-refractivity contribution in [3.8, 4) is 0 Å². The molecule has 0 spiro atoms. The van der Waals surface area contributed by atoms with Crippen molar-refractivity contribution in [2.45, 2.75) is 50.3 Å². The number of hydrogen-bond donors (Lipinski definition) is 0. The van der Waals surface area contributed by atoms with Crippen LogP contribution in [0.2, 0.25) is 0 Å². The van der Waals surface area contributed by atoms with Gasteiger partial charge in [0.15, 0.2) is 0 Å². The van der Waals surface area contributed by atoms with Gasteiger partial charge in [-0.2, -0.15) is 4.31 Å². The molecular formula is C22H33N3O3S. The van der Waals surface area contributed by atoms with E-state index in [0.717, 1.165) is 51.0 Å². The summed E-state index contributed by atoms with van der Waals surface area (Å²) in [6.07, 6.45) is 6.51. The van der Waals surface area contributed by atoms with Gasteiger partial charge in [0.1, 0.15) is 0 Å². The van der Waals surface area contributed by atoms with Crippen LogP contribution >= 0.6 is 0 Å². The van der Waals surface area contributed by atoms with Crippen molar-refractivity contribution in [1.82, 2.24) is 14.1 Å². The Hall–Kier alpha value is -1.44. The molecule has 0 aromatic heterocycles. The smallest absolute Gasteiger partial charge is 0.226 e. The van der Waals surface area contributed by atoms with Gasteiger partial charge in [0.25, 0.3) is 0 Å². The van der Waals surface area contributed by atoms with Crippen LogP contribution in [0.5, 0.6) is 0 Å². The molecular weight excluding hydrogens is 386 g/mol. The van der Waals surface area contributed by atoms with Crippen molar-refractivity contribution in [2.75, 3.05) is 39.3 Å². The van der Waals surface area contributed by atoms with Crippen molar-refractivity contribution in [1.29, 1.82) is 0 Å². The molecule has 3 fully saturated rings. The molecule has 4 rings (SSSR count). The molecule has 1 aliphatic carbocycles. The van der Waals surface area contributed by atoms with E-state index >= 15 is 0 Å². The van der Waals surface area contributed by atoms with Gasteiger partial charge >= 0.3 is 0 Å². The minimum atomic E-state index is -3.36. The number of carbonyl (C=O) groups is 1. The highest BCUT2D eigenvalue weighted by Gasteiger charge is 2.40. The summed E-state index contributed by atoms with van der Waals surface area (Å²) < 4.78 is 27.4. The second-order valence-corrected chi connectivity index (χ2v) is 10.7. The molecule has 0 bridgehead atoms. The van der Waals surface area contributed by atoms with Crippen LogP contribution < -0.4 is 0 Å². The van der Waals surface area contributed by atoms with Gasteiger partial charge in [-0.05, 0) is 50.8 Å². The average Bonchev–Trinajstić information content (AvgIpc) is 3.46. The highest BCUT2D eigenvalue weighted by atomic mass is 32.2. The van der Waals surface area contributed by atoms with Gasteiger partial charge in [0, 0.05) is 38.1 Å². The molecule has 160 valence electrons. The quantitative estimate of drug-likeness (QED) is 0.649. The first-order valence-corrected chi connectivity index (χ1v) is 12.7. The number of nitrogens with zero attached hydrogens (tertiary/aromatic N) is 3. The van der Waals surface area contributed by atoms with Crippen molar-refractivity contribution in [3.63, 3.8) is 0 Å². The molecule has 0 N–H and O–H groups in total. The van der Waals surface area contributed by atoms with E-state index < -0.39 is 10.0 Å². The Labute approximate surface area is 174 Å². The molecule has 1 atom stereocenters. The monoisotopic (exact) mass is 419 g/mol. The van der Waals surface area contributed by atoms with Crippen LogP contribution in [-0.2, 0) is 20.6 Å². The van der Waals surface area contributed by atoms with Gasteiger partial charge in [-0.25, -0.2) is 8.42 Å². The first kappa shape index (κ1) is 20.8. The zero-order valence-corrected chi connectivity index (χ0v) is 18.0. The Morgan fingerprint density at radius 1 is 1.00 bits per heavy atom. The minimum Gasteiger partial charge on any atom is -0.337 e. The second-order valence-electron chi connectivity index (χ2n) is 8.75. The molecule has 1 aromatic rings. The number of rotatable bonds is 8. The fourth-order valence-corrected chi connectivity index (χ4v) is 6.14. The van der Waals surface area contributed by atoms with E-state index in [-0.39, 0.29) is 23.6 Å². The standard InChI is InChI=1S/C22H33N3O3S/c26-22(20-9-10-20)25(16-15-23-12-5-2-6-13-23)21-11-14-24(17-21)29(27,28)18-19-7-3-1-4-8-19/h1,3-4,7-8,20-21H,2,5-6,9-18H2. The largest absolute Gasteiger partial charge is 0.337 e. The van der Waals surface area contributed by atoms with Gasteiger partial charge in [0.2, 0.25) is 15.9 Å². The summed E-state index contributed by atoms with van der Waals surface area (Å²) in [4.78, 5) is 17.4. The van der Waals surface area contributed by atoms with Gasteiger partial charge in [0.05, 0.1) is 5.75 Å². The Morgan fingerprint density at radius 3 is 2.41 bits per heavy atom. The predicted molar refractivity (Wildman–Crippen MR) is 114 cm³/mol. The van der Waals surface area contributed by atoms with Crippen LogP contribution in [-0.4, -0.2) is 73.7 Å². The summed E-state index contributed by atoms with van der Waals surface area (Å²) in [6.45, 7) is 4.82. The van der Waals surface area contributed by atoms with E-state index in [0.29, 0.717) is 13.1 Å². The number of piperidine rings is 1. The third-order valence-electron chi connectivity index (χ3n) is 6.47. The average molecular weight is 420 g/mol. The number of benzene rings is 1. The first-order valence-electron chi connectivity index (χ1n) is 11.1. The highest BCUT2D eigenvalue weighted by molar-refractivity contribution is 7.88. The van der Waals surface area contributed by atoms with E-state index in [1.165, 1.54) is 19.3 Å². The van der Waals surface area contributed by atoms with Crippen molar-refractivity contribution < 1.29 is 13.2 Å². The van der Waals surface area contributed by atoms with Gasteiger partial charge in [-0.3, -0.25) is 4.79 Å². The van der Waals surface area contributed by atoms with Crippen molar-refractivity contribution in [2.24, 2.45) is 5.92 Å². The fourth-order valence-electron chi connectivity index (χ4n) is 4.56. The van der Waals surface area contributed by atoms with Gasteiger partial charge < -0.3 is 9.80 Å². The normalized spacial score (nSPS) is 23.9. The highest BCUT2D eigenvalue weighted by Crippen LogP contribution is 2.33. The summed E-state index contributed by atoms with van der Waals surface area (Å²) in [7, 11) is -3.36. The maximum absolute atomic E-state index is 13.0. The van der Waals surface area contributed by atoms with E-state index in [2.05, 4.69) is 4.90 Å². The number of sulfonamides is 1. The third-order valence-corrected chi connectivity index (χ3v) is 8.28. The van der Waals surface area contributed by atoms with Crippen LogP contribution in [0, 0.1) is 5.92 Å². The van der Waals surface area contributed by atoms with E-state index in [9.17, 15) is 13.2 Å². The lowest BCUT2D eigenvalue weighted by molar-refractivity contribution is -0.134. The zero-order valence-electron chi connectivity index (χ0n) is 17.2. The number of carbonyl (C=O) groups excluding carboxylic acids is 1. The Kier molecular flexibility index (Phi) is 6.56. The number of amides is 1. The maximum atomic E-state index is 13.0. The maximum Gasteiger partial charge on any atom is 0.226 e. The Bertz CT molecular complexity index is 789. The van der Waals surface area contributed by atoms with Gasteiger partial charge in [-0.1, -0.05) is 36.8 Å². The molecule has 7 heteroatoms. The van der Waals surface area contributed by atoms with Crippen LogP contribution in [0.1, 0.15) is 44.1 Å². The molecule has 2 aliphatic heterocycles. The topological polar surface area (TPSA) is 60.9 Å². The molecule has 2 heterocycles. The molecule has 1 amide bonds. The minimum absolute atomic E-state index is 0.0124. The molecule has 2 saturated heterocycles. The molecule has 1 unspecified atom stereocenters. The van der Waals surface area contributed by atoms with E-state index in [1.807, 2.05) is 35.2 Å². The predicted octanol–water partition coefficient (Wildman–Crippen LogP) is 2.32. The third kappa shape index (κ3) is 5.38. The van der Waals surface area contributed by atoms with Crippen molar-refractivity contribution >= 4 is 15.9 Å². The molecule has 0 radical (unpaired) electrons. The zero-order chi connectivity index (χ0) is 20.3. The SMILES string of the molecule is O=C(C1CC1)N(CCN1CCCCC1)C1CCN(S(=O)(=O)Cc2ccccc2)C1. The van der Waals surface area contributed by atoms with E-state index in [1.54, 1.807) is 4.31 Å². The molecule has 29 heavy (non-hydrogen) atoms. The van der Waals surface area contributed by atoms with Crippen LogP contribution in [0.15, 0.2) is 30.3 Å². The Morgan fingerprint density at radius 2 is 1.72 bits per heavy atom. The first-order chi connectivity index (χ1) is 14.0. The Balaban J connectivity index is 1.38. The molecule has 1 aromatic carbocycles. The molecule has 1 saturated carbocycles. The van der Waals surface area contributed by atoms with Crippen LogP contribution in [0.25, 0.3) is 0 Å². The lowest BCUT2D eigenvalue weighted by atomic mass is 10.1. The number of hydrogen-bond acceptors (Lipinski definition) is 4. The van der Waals surface area contributed by atoms with E-state index in [4.69, 9.17) is 0 Å². The number of likely N-dealkylation sites (tertiary alicyclic amines) is 1. The summed E-state index contributed by atoms with van der Waals surface area (Å²) in [6, 6.07) is 9.35. The summed E-state index contributed by atoms with van der Waals surface area (Å²) in [5.41, 5.74) is 0.812.